The van der Waals surface area contributed by atoms with Crippen molar-refractivity contribution in [2.24, 2.45) is 5.73 Å². The van der Waals surface area contributed by atoms with Gasteiger partial charge >= 0.3 is 0 Å². The highest BCUT2D eigenvalue weighted by Gasteiger charge is 2.16. The number of hydrogen-bond donors (Lipinski definition) is 3. The summed E-state index contributed by atoms with van der Waals surface area (Å²) in [5, 5.41) is 11.5. The third-order valence-electron chi connectivity index (χ3n) is 2.73. The second-order valence-electron chi connectivity index (χ2n) is 4.13. The molecule has 1 rings (SSSR count). The summed E-state index contributed by atoms with van der Waals surface area (Å²) in [5.74, 6) is 0.479. The minimum absolute atomic E-state index is 0.0951. The molecular weight excluding hydrogens is 232 g/mol. The second-order valence-corrected chi connectivity index (χ2v) is 4.13. The summed E-state index contributed by atoms with van der Waals surface area (Å²) in [4.78, 5) is 11.7. The largest absolute Gasteiger partial charge is 0.497 e. The lowest BCUT2D eigenvalue weighted by Gasteiger charge is -2.18. The molecule has 0 aromatic heterocycles. The van der Waals surface area contributed by atoms with Gasteiger partial charge in [0.1, 0.15) is 5.75 Å². The molecule has 5 heteroatoms. The zero-order valence-electron chi connectivity index (χ0n) is 10.7. The number of amides is 1. The van der Waals surface area contributed by atoms with Gasteiger partial charge in [-0.05, 0) is 31.0 Å². The number of nitrogens with two attached hydrogens (primary N) is 1. The van der Waals surface area contributed by atoms with Crippen molar-refractivity contribution in [3.05, 3.63) is 29.8 Å². The van der Waals surface area contributed by atoms with Crippen molar-refractivity contribution < 1.29 is 14.6 Å². The van der Waals surface area contributed by atoms with Crippen molar-refractivity contribution in [2.75, 3.05) is 13.7 Å². The Morgan fingerprint density at radius 2 is 2.28 bits per heavy atom. The molecule has 18 heavy (non-hydrogen) atoms. The first-order valence-corrected chi connectivity index (χ1v) is 5.89. The standard InChI is InChI=1S/C13H20N2O3/c1-9(15-13(17)12(14)6-7-16)10-4-3-5-11(8-10)18-2/h3-5,8-9,12,16H,6-7,14H2,1-2H3,(H,15,17)/t9-,12?/m1/s1. The summed E-state index contributed by atoms with van der Waals surface area (Å²) in [6, 6.07) is 6.65. The lowest BCUT2D eigenvalue weighted by Crippen LogP contribution is -2.42. The van der Waals surface area contributed by atoms with Gasteiger partial charge < -0.3 is 20.9 Å². The first-order chi connectivity index (χ1) is 8.58. The fourth-order valence-electron chi connectivity index (χ4n) is 1.58. The monoisotopic (exact) mass is 252 g/mol. The van der Waals surface area contributed by atoms with Crippen LogP contribution in [0.2, 0.25) is 0 Å². The number of benzene rings is 1. The van der Waals surface area contributed by atoms with Crippen LogP contribution in [0.1, 0.15) is 24.9 Å². The maximum absolute atomic E-state index is 11.7. The molecule has 0 heterocycles. The minimum Gasteiger partial charge on any atom is -0.497 e. The van der Waals surface area contributed by atoms with Gasteiger partial charge in [0.2, 0.25) is 5.91 Å². The third kappa shape index (κ3) is 4.01. The van der Waals surface area contributed by atoms with E-state index in [0.717, 1.165) is 11.3 Å². The number of carbonyl (C=O) groups is 1. The molecule has 0 bridgehead atoms. The first kappa shape index (κ1) is 14.5. The molecule has 0 aliphatic rings. The molecule has 0 aliphatic carbocycles. The van der Waals surface area contributed by atoms with Crippen LogP contribution in [0, 0.1) is 0 Å². The van der Waals surface area contributed by atoms with Gasteiger partial charge in [-0.15, -0.1) is 0 Å². The van der Waals surface area contributed by atoms with Crippen molar-refractivity contribution in [2.45, 2.75) is 25.4 Å². The Balaban J connectivity index is 2.64. The predicted octanol–water partition coefficient (Wildman–Crippen LogP) is 0.582. The smallest absolute Gasteiger partial charge is 0.237 e. The molecule has 100 valence electrons. The van der Waals surface area contributed by atoms with E-state index in [4.69, 9.17) is 15.6 Å². The highest BCUT2D eigenvalue weighted by molar-refractivity contribution is 5.81. The molecule has 1 amide bonds. The van der Waals surface area contributed by atoms with E-state index in [1.807, 2.05) is 31.2 Å². The molecule has 0 saturated carbocycles. The van der Waals surface area contributed by atoms with Crippen molar-refractivity contribution in [3.8, 4) is 5.75 Å². The Morgan fingerprint density at radius 1 is 1.56 bits per heavy atom. The summed E-state index contributed by atoms with van der Waals surface area (Å²) in [6.07, 6.45) is 0.261. The van der Waals surface area contributed by atoms with Gasteiger partial charge in [0, 0.05) is 6.61 Å². The molecule has 0 radical (unpaired) electrons. The van der Waals surface area contributed by atoms with Crippen LogP contribution in [0.3, 0.4) is 0 Å². The summed E-state index contributed by atoms with van der Waals surface area (Å²) in [7, 11) is 1.60. The molecule has 0 saturated heterocycles. The van der Waals surface area contributed by atoms with Crippen LogP contribution in [0.4, 0.5) is 0 Å². The van der Waals surface area contributed by atoms with E-state index in [2.05, 4.69) is 5.32 Å². The van der Waals surface area contributed by atoms with E-state index in [9.17, 15) is 4.79 Å². The Kier molecular flexibility index (Phi) is 5.61. The molecule has 0 fully saturated rings. The quantitative estimate of drug-likeness (QED) is 0.691. The normalized spacial score (nSPS) is 13.8. The maximum atomic E-state index is 11.7. The highest BCUT2D eigenvalue weighted by Crippen LogP contribution is 2.18. The van der Waals surface area contributed by atoms with Gasteiger partial charge in [-0.2, -0.15) is 0 Å². The molecule has 4 N–H and O–H groups in total. The van der Waals surface area contributed by atoms with E-state index in [0.29, 0.717) is 0 Å². The molecule has 1 unspecified atom stereocenters. The van der Waals surface area contributed by atoms with Crippen molar-refractivity contribution in [1.29, 1.82) is 0 Å². The van der Waals surface area contributed by atoms with Crippen molar-refractivity contribution in [1.82, 2.24) is 5.32 Å². The predicted molar refractivity (Wildman–Crippen MR) is 69.2 cm³/mol. The number of hydrogen-bond acceptors (Lipinski definition) is 4. The van der Waals surface area contributed by atoms with Crippen LogP contribution in [0.15, 0.2) is 24.3 Å². The molecule has 0 spiro atoms. The lowest BCUT2D eigenvalue weighted by molar-refractivity contribution is -0.123. The summed E-state index contributed by atoms with van der Waals surface area (Å²) < 4.78 is 5.13. The first-order valence-electron chi connectivity index (χ1n) is 5.89. The Labute approximate surface area is 107 Å². The number of rotatable bonds is 6. The molecule has 0 aliphatic heterocycles. The van der Waals surface area contributed by atoms with Crippen LogP contribution in [-0.2, 0) is 4.79 Å². The lowest BCUT2D eigenvalue weighted by atomic mass is 10.1. The van der Waals surface area contributed by atoms with Gasteiger partial charge in [0.25, 0.3) is 0 Å². The third-order valence-corrected chi connectivity index (χ3v) is 2.73. The Hall–Kier alpha value is -1.59. The summed E-state index contributed by atoms with van der Waals surface area (Å²) >= 11 is 0. The zero-order chi connectivity index (χ0) is 13.5. The summed E-state index contributed by atoms with van der Waals surface area (Å²) in [6.45, 7) is 1.78. The molecule has 1 aromatic rings. The van der Waals surface area contributed by atoms with Crippen molar-refractivity contribution in [3.63, 3.8) is 0 Å². The number of aliphatic hydroxyl groups excluding tert-OH is 1. The maximum Gasteiger partial charge on any atom is 0.237 e. The van der Waals surface area contributed by atoms with E-state index >= 15 is 0 Å². The highest BCUT2D eigenvalue weighted by atomic mass is 16.5. The van der Waals surface area contributed by atoms with Crippen LogP contribution in [0.5, 0.6) is 5.75 Å². The number of carbonyl (C=O) groups excluding carboxylic acids is 1. The van der Waals surface area contributed by atoms with Crippen LogP contribution < -0.4 is 15.8 Å². The van der Waals surface area contributed by atoms with Gasteiger partial charge in [0.15, 0.2) is 0 Å². The van der Waals surface area contributed by atoms with E-state index in [-0.39, 0.29) is 25.0 Å². The number of nitrogens with one attached hydrogen (secondary N) is 1. The SMILES string of the molecule is COc1cccc([C@@H](C)NC(=O)C(N)CCO)c1. The topological polar surface area (TPSA) is 84.6 Å². The van der Waals surface area contributed by atoms with Crippen LogP contribution >= 0.6 is 0 Å². The minimum atomic E-state index is -0.678. The van der Waals surface area contributed by atoms with Gasteiger partial charge in [-0.3, -0.25) is 4.79 Å². The van der Waals surface area contributed by atoms with E-state index in [1.54, 1.807) is 7.11 Å². The Morgan fingerprint density at radius 3 is 2.89 bits per heavy atom. The number of methoxy groups -OCH3 is 1. The average Bonchev–Trinajstić information content (AvgIpc) is 2.39. The number of aliphatic hydroxyl groups is 1. The molecule has 5 nitrogen and oxygen atoms in total. The summed E-state index contributed by atoms with van der Waals surface area (Å²) in [5.41, 5.74) is 6.56. The van der Waals surface area contributed by atoms with Gasteiger partial charge in [-0.1, -0.05) is 12.1 Å². The van der Waals surface area contributed by atoms with Crippen LogP contribution in [0.25, 0.3) is 0 Å². The van der Waals surface area contributed by atoms with Crippen LogP contribution in [-0.4, -0.2) is 30.8 Å². The van der Waals surface area contributed by atoms with E-state index in [1.165, 1.54) is 0 Å². The average molecular weight is 252 g/mol. The van der Waals surface area contributed by atoms with Crippen molar-refractivity contribution >= 4 is 5.91 Å². The van der Waals surface area contributed by atoms with Gasteiger partial charge in [0.05, 0.1) is 19.2 Å². The molecular formula is C13H20N2O3. The fourth-order valence-corrected chi connectivity index (χ4v) is 1.58. The number of ether oxygens (including phenoxy) is 1. The molecule has 1 aromatic carbocycles. The van der Waals surface area contributed by atoms with Gasteiger partial charge in [-0.25, -0.2) is 0 Å². The second kappa shape index (κ2) is 6.98. The van der Waals surface area contributed by atoms with E-state index < -0.39 is 6.04 Å². The Bertz CT molecular complexity index is 396. The molecule has 2 atom stereocenters. The zero-order valence-corrected chi connectivity index (χ0v) is 10.7. The fraction of sp³-hybridized carbons (Fsp3) is 0.462.